The lowest BCUT2D eigenvalue weighted by Gasteiger charge is -2.22. The van der Waals surface area contributed by atoms with Crippen LogP contribution in [-0.2, 0) is 9.47 Å². The lowest BCUT2D eigenvalue weighted by molar-refractivity contribution is -0.146. The summed E-state index contributed by atoms with van der Waals surface area (Å²) in [5.41, 5.74) is 0. The monoisotopic (exact) mass is 219 g/mol. The lowest BCUT2D eigenvalue weighted by Crippen LogP contribution is -2.35. The zero-order valence-corrected chi connectivity index (χ0v) is 9.43. The standard InChI is InChI=1S/C10H21NO4/c1-3-14-10(15-4-2)7-11-5-8(12)9(13)6-11/h8-10,12-13H,3-7H2,1-2H3/t8-,9+. The zero-order valence-electron chi connectivity index (χ0n) is 9.43. The van der Waals surface area contributed by atoms with Crippen molar-refractivity contribution in [3.8, 4) is 0 Å². The maximum atomic E-state index is 9.37. The quantitative estimate of drug-likeness (QED) is 0.585. The van der Waals surface area contributed by atoms with Crippen molar-refractivity contribution in [1.82, 2.24) is 4.90 Å². The number of β-amino-alcohol motifs (C(OH)–C–C–N with tert-alkyl or cyclic N) is 2. The summed E-state index contributed by atoms with van der Waals surface area (Å²) in [6.45, 7) is 6.60. The van der Waals surface area contributed by atoms with E-state index in [-0.39, 0.29) is 6.29 Å². The van der Waals surface area contributed by atoms with Crippen molar-refractivity contribution in [2.45, 2.75) is 32.3 Å². The maximum Gasteiger partial charge on any atom is 0.170 e. The van der Waals surface area contributed by atoms with Gasteiger partial charge in [-0.3, -0.25) is 4.90 Å². The molecule has 0 amide bonds. The SMILES string of the molecule is CCOC(CN1C[C@@H](O)[C@@H](O)C1)OCC. The molecule has 0 bridgehead atoms. The highest BCUT2D eigenvalue weighted by Gasteiger charge is 2.30. The summed E-state index contributed by atoms with van der Waals surface area (Å²) in [4.78, 5) is 1.95. The fraction of sp³-hybridized carbons (Fsp3) is 1.00. The minimum Gasteiger partial charge on any atom is -0.389 e. The molecule has 0 radical (unpaired) electrons. The van der Waals surface area contributed by atoms with Gasteiger partial charge >= 0.3 is 0 Å². The van der Waals surface area contributed by atoms with Gasteiger partial charge in [0.1, 0.15) is 0 Å². The Kier molecular flexibility index (Phi) is 5.49. The first-order valence-electron chi connectivity index (χ1n) is 5.49. The Morgan fingerprint density at radius 1 is 1.13 bits per heavy atom. The summed E-state index contributed by atoms with van der Waals surface area (Å²) in [5, 5.41) is 18.7. The molecule has 1 heterocycles. The number of hydrogen-bond donors (Lipinski definition) is 2. The van der Waals surface area contributed by atoms with E-state index < -0.39 is 12.2 Å². The molecule has 1 fully saturated rings. The summed E-state index contributed by atoms with van der Waals surface area (Å²) in [6.07, 6.45) is -1.56. The molecule has 0 aromatic heterocycles. The molecule has 1 aliphatic rings. The third kappa shape index (κ3) is 4.04. The average molecular weight is 219 g/mol. The van der Waals surface area contributed by atoms with Gasteiger partial charge in [0, 0.05) is 32.8 Å². The van der Waals surface area contributed by atoms with E-state index >= 15 is 0 Å². The first kappa shape index (κ1) is 12.9. The van der Waals surface area contributed by atoms with Crippen molar-refractivity contribution in [3.63, 3.8) is 0 Å². The van der Waals surface area contributed by atoms with Gasteiger partial charge in [-0.1, -0.05) is 0 Å². The van der Waals surface area contributed by atoms with E-state index in [1.54, 1.807) is 0 Å². The van der Waals surface area contributed by atoms with Gasteiger partial charge in [0.2, 0.25) is 0 Å². The van der Waals surface area contributed by atoms with E-state index in [0.717, 1.165) is 0 Å². The van der Waals surface area contributed by atoms with Crippen LogP contribution < -0.4 is 0 Å². The van der Waals surface area contributed by atoms with Crippen molar-refractivity contribution in [1.29, 1.82) is 0 Å². The smallest absolute Gasteiger partial charge is 0.170 e. The molecule has 0 aliphatic carbocycles. The fourth-order valence-corrected chi connectivity index (χ4v) is 1.73. The lowest BCUT2D eigenvalue weighted by atomic mass is 10.3. The van der Waals surface area contributed by atoms with Crippen molar-refractivity contribution in [2.24, 2.45) is 0 Å². The second-order valence-corrected chi connectivity index (χ2v) is 3.69. The molecule has 5 heteroatoms. The molecule has 90 valence electrons. The molecule has 0 spiro atoms. The predicted octanol–water partition coefficient (Wildman–Crippen LogP) is -0.577. The largest absolute Gasteiger partial charge is 0.389 e. The molecule has 0 unspecified atom stereocenters. The normalized spacial score (nSPS) is 27.8. The van der Waals surface area contributed by atoms with Crippen LogP contribution in [0.15, 0.2) is 0 Å². The number of likely N-dealkylation sites (tertiary alicyclic amines) is 1. The molecular weight excluding hydrogens is 198 g/mol. The van der Waals surface area contributed by atoms with Gasteiger partial charge in [-0.25, -0.2) is 0 Å². The Labute approximate surface area is 90.6 Å². The van der Waals surface area contributed by atoms with Gasteiger partial charge in [0.15, 0.2) is 6.29 Å². The predicted molar refractivity (Wildman–Crippen MR) is 55.5 cm³/mol. The van der Waals surface area contributed by atoms with Gasteiger partial charge in [0.05, 0.1) is 12.2 Å². The van der Waals surface area contributed by atoms with Gasteiger partial charge in [-0.05, 0) is 13.8 Å². The average Bonchev–Trinajstić information content (AvgIpc) is 2.47. The van der Waals surface area contributed by atoms with E-state index in [2.05, 4.69) is 0 Å². The Hall–Kier alpha value is -0.200. The van der Waals surface area contributed by atoms with Crippen LogP contribution in [0.5, 0.6) is 0 Å². The van der Waals surface area contributed by atoms with Crippen molar-refractivity contribution in [3.05, 3.63) is 0 Å². The van der Waals surface area contributed by atoms with Crippen LogP contribution in [0.25, 0.3) is 0 Å². The molecule has 2 atom stereocenters. The number of ether oxygens (including phenoxy) is 2. The molecule has 2 N–H and O–H groups in total. The second-order valence-electron chi connectivity index (χ2n) is 3.69. The Morgan fingerprint density at radius 3 is 2.00 bits per heavy atom. The second kappa shape index (κ2) is 6.40. The Balaban J connectivity index is 2.31. The highest BCUT2D eigenvalue weighted by Crippen LogP contribution is 2.11. The van der Waals surface area contributed by atoms with Crippen LogP contribution >= 0.6 is 0 Å². The molecule has 1 rings (SSSR count). The molecular formula is C10H21NO4. The highest BCUT2D eigenvalue weighted by atomic mass is 16.7. The first-order valence-corrected chi connectivity index (χ1v) is 5.49. The van der Waals surface area contributed by atoms with Gasteiger partial charge < -0.3 is 19.7 Å². The first-order chi connectivity index (χ1) is 7.17. The molecule has 1 aliphatic heterocycles. The molecule has 0 aromatic rings. The van der Waals surface area contributed by atoms with E-state index in [1.165, 1.54) is 0 Å². The van der Waals surface area contributed by atoms with Gasteiger partial charge in [-0.15, -0.1) is 0 Å². The highest BCUT2D eigenvalue weighted by molar-refractivity contribution is 4.83. The molecule has 0 aromatic carbocycles. The minimum absolute atomic E-state index is 0.266. The number of aliphatic hydroxyl groups excluding tert-OH is 2. The molecule has 15 heavy (non-hydrogen) atoms. The topological polar surface area (TPSA) is 62.2 Å². The number of rotatable bonds is 6. The maximum absolute atomic E-state index is 9.37. The number of nitrogens with zero attached hydrogens (tertiary/aromatic N) is 1. The van der Waals surface area contributed by atoms with Crippen LogP contribution in [0.2, 0.25) is 0 Å². The summed E-state index contributed by atoms with van der Waals surface area (Å²) >= 11 is 0. The molecule has 0 saturated carbocycles. The third-order valence-corrected chi connectivity index (χ3v) is 2.45. The van der Waals surface area contributed by atoms with Crippen molar-refractivity contribution >= 4 is 0 Å². The molecule has 1 saturated heterocycles. The van der Waals surface area contributed by atoms with E-state index in [9.17, 15) is 10.2 Å². The summed E-state index contributed by atoms with van der Waals surface area (Å²) in [7, 11) is 0. The van der Waals surface area contributed by atoms with Crippen LogP contribution in [0.3, 0.4) is 0 Å². The van der Waals surface area contributed by atoms with Gasteiger partial charge in [0.25, 0.3) is 0 Å². The van der Waals surface area contributed by atoms with Crippen molar-refractivity contribution < 1.29 is 19.7 Å². The molecule has 5 nitrogen and oxygen atoms in total. The van der Waals surface area contributed by atoms with E-state index in [1.807, 2.05) is 18.7 Å². The third-order valence-electron chi connectivity index (χ3n) is 2.45. The summed E-state index contributed by atoms with van der Waals surface area (Å²) in [5.74, 6) is 0. The van der Waals surface area contributed by atoms with Gasteiger partial charge in [-0.2, -0.15) is 0 Å². The van der Waals surface area contributed by atoms with Crippen molar-refractivity contribution in [2.75, 3.05) is 32.8 Å². The van der Waals surface area contributed by atoms with Crippen LogP contribution in [0.1, 0.15) is 13.8 Å². The Morgan fingerprint density at radius 2 is 1.60 bits per heavy atom. The minimum atomic E-state index is -0.645. The van der Waals surface area contributed by atoms with Crippen LogP contribution in [-0.4, -0.2) is 66.5 Å². The number of aliphatic hydroxyl groups is 2. The summed E-state index contributed by atoms with van der Waals surface area (Å²) in [6, 6.07) is 0. The van der Waals surface area contributed by atoms with E-state index in [0.29, 0.717) is 32.8 Å². The Bertz CT molecular complexity index is 163. The van der Waals surface area contributed by atoms with E-state index in [4.69, 9.17) is 9.47 Å². The van der Waals surface area contributed by atoms with Crippen LogP contribution in [0.4, 0.5) is 0 Å². The fourth-order valence-electron chi connectivity index (χ4n) is 1.73. The summed E-state index contributed by atoms with van der Waals surface area (Å²) < 4.78 is 10.8. The zero-order chi connectivity index (χ0) is 11.3. The number of hydrogen-bond acceptors (Lipinski definition) is 5. The van der Waals surface area contributed by atoms with Crippen LogP contribution in [0, 0.1) is 0 Å².